The second-order valence-corrected chi connectivity index (χ2v) is 5.08. The third kappa shape index (κ3) is 2.91. The largest absolute Gasteiger partial charge is 0.493 e. The number of rotatable bonds is 5. The van der Waals surface area contributed by atoms with Gasteiger partial charge in [0, 0.05) is 35.1 Å². The summed E-state index contributed by atoms with van der Waals surface area (Å²) in [4.78, 5) is 10.6. The Morgan fingerprint density at radius 1 is 1.56 bits per heavy atom. The third-order valence-electron chi connectivity index (χ3n) is 2.78. The van der Waals surface area contributed by atoms with Gasteiger partial charge < -0.3 is 15.2 Å². The number of aliphatic carboxylic acids is 1. The van der Waals surface area contributed by atoms with Crippen LogP contribution in [0.5, 0.6) is 5.75 Å². The van der Waals surface area contributed by atoms with Crippen molar-refractivity contribution in [3.8, 4) is 5.75 Å². The molecule has 0 atom stereocenters. The predicted octanol–water partition coefficient (Wildman–Crippen LogP) is 2.11. The molecule has 0 aliphatic carbocycles. The van der Waals surface area contributed by atoms with Crippen LogP contribution in [0.1, 0.15) is 11.1 Å². The lowest BCUT2D eigenvalue weighted by Gasteiger charge is -2.10. The fourth-order valence-corrected chi connectivity index (χ4v) is 2.45. The number of fused-ring (bicyclic) bond motifs is 1. The Morgan fingerprint density at radius 2 is 2.33 bits per heavy atom. The van der Waals surface area contributed by atoms with Crippen LogP contribution in [0.3, 0.4) is 0 Å². The van der Waals surface area contributed by atoms with Gasteiger partial charge in [-0.1, -0.05) is 22.5 Å². The first kappa shape index (κ1) is 13.1. The number of hydrogen-bond donors (Lipinski definition) is 2. The normalized spacial score (nSPS) is 12.9. The summed E-state index contributed by atoms with van der Waals surface area (Å²) in [5.74, 6) is -0.0511. The first-order valence-corrected chi connectivity index (χ1v) is 6.43. The van der Waals surface area contributed by atoms with Gasteiger partial charge in [-0.2, -0.15) is 0 Å². The quantitative estimate of drug-likeness (QED) is 0.818. The number of carboxylic acids is 1. The molecule has 0 amide bonds. The van der Waals surface area contributed by atoms with Crippen LogP contribution in [0.25, 0.3) is 0 Å². The Balaban J connectivity index is 2.02. The first-order valence-electron chi connectivity index (χ1n) is 5.64. The van der Waals surface area contributed by atoms with Gasteiger partial charge >= 0.3 is 5.97 Å². The molecule has 0 unspecified atom stereocenters. The highest BCUT2D eigenvalue weighted by Gasteiger charge is 2.17. The molecule has 1 heterocycles. The monoisotopic (exact) mass is 311 g/mol. The van der Waals surface area contributed by atoms with E-state index in [1.54, 1.807) is 0 Å². The highest BCUT2D eigenvalue weighted by Crippen LogP contribution is 2.32. The molecule has 0 spiro atoms. The van der Waals surface area contributed by atoms with Crippen LogP contribution in [0.15, 0.2) is 28.8 Å². The smallest absolute Gasteiger partial charge is 0.332 e. The van der Waals surface area contributed by atoms with Crippen LogP contribution in [0.2, 0.25) is 0 Å². The lowest BCUT2D eigenvalue weighted by molar-refractivity contribution is -0.132. The molecular weight excluding hydrogens is 298 g/mol. The number of carboxylic acid groups (broad SMARTS) is 1. The van der Waals surface area contributed by atoms with E-state index in [2.05, 4.69) is 33.9 Å². The predicted molar refractivity (Wildman–Crippen MR) is 71.8 cm³/mol. The van der Waals surface area contributed by atoms with Crippen molar-refractivity contribution in [2.45, 2.75) is 13.0 Å². The molecule has 2 rings (SSSR count). The fourth-order valence-electron chi connectivity index (χ4n) is 1.90. The standard InChI is InChI=1S/C13H14BrNO3/c1-8(13(16)17)6-15-7-10-5-11(14)4-9-2-3-18-12(9)10/h4-5,15H,1-3,6-7H2,(H,16,17). The topological polar surface area (TPSA) is 58.6 Å². The average molecular weight is 312 g/mol. The van der Waals surface area contributed by atoms with Crippen LogP contribution in [-0.4, -0.2) is 24.2 Å². The van der Waals surface area contributed by atoms with Gasteiger partial charge in [0.05, 0.1) is 6.61 Å². The molecule has 0 saturated carbocycles. The van der Waals surface area contributed by atoms with E-state index in [1.807, 2.05) is 6.07 Å². The second-order valence-electron chi connectivity index (χ2n) is 4.16. The van der Waals surface area contributed by atoms with Crippen LogP contribution < -0.4 is 10.1 Å². The highest BCUT2D eigenvalue weighted by molar-refractivity contribution is 9.10. The Bertz CT molecular complexity index is 499. The van der Waals surface area contributed by atoms with E-state index in [-0.39, 0.29) is 12.1 Å². The molecule has 0 saturated heterocycles. The number of benzene rings is 1. The van der Waals surface area contributed by atoms with Crippen molar-refractivity contribution in [1.82, 2.24) is 5.32 Å². The summed E-state index contributed by atoms with van der Waals surface area (Å²) in [7, 11) is 0. The summed E-state index contributed by atoms with van der Waals surface area (Å²) in [5.41, 5.74) is 2.39. The molecule has 1 aliphatic heterocycles. The van der Waals surface area contributed by atoms with Crippen molar-refractivity contribution in [3.05, 3.63) is 39.9 Å². The molecule has 96 valence electrons. The molecule has 1 aromatic rings. The lowest BCUT2D eigenvalue weighted by Crippen LogP contribution is -2.20. The zero-order chi connectivity index (χ0) is 13.1. The van der Waals surface area contributed by atoms with Crippen molar-refractivity contribution >= 4 is 21.9 Å². The summed E-state index contributed by atoms with van der Waals surface area (Å²) in [6, 6.07) is 4.04. The van der Waals surface area contributed by atoms with Crippen molar-refractivity contribution in [1.29, 1.82) is 0 Å². The molecule has 18 heavy (non-hydrogen) atoms. The maximum Gasteiger partial charge on any atom is 0.332 e. The molecule has 2 N–H and O–H groups in total. The van der Waals surface area contributed by atoms with E-state index < -0.39 is 5.97 Å². The van der Waals surface area contributed by atoms with Gasteiger partial charge in [0.1, 0.15) is 5.75 Å². The minimum atomic E-state index is -0.974. The van der Waals surface area contributed by atoms with Crippen LogP contribution in [-0.2, 0) is 17.8 Å². The van der Waals surface area contributed by atoms with E-state index in [0.717, 1.165) is 22.2 Å². The van der Waals surface area contributed by atoms with Crippen molar-refractivity contribution < 1.29 is 14.6 Å². The molecular formula is C13H14BrNO3. The third-order valence-corrected chi connectivity index (χ3v) is 3.24. The number of carbonyl (C=O) groups is 1. The van der Waals surface area contributed by atoms with Crippen LogP contribution >= 0.6 is 15.9 Å². The summed E-state index contributed by atoms with van der Waals surface area (Å²) in [6.07, 6.45) is 0.920. The maximum atomic E-state index is 10.6. The van der Waals surface area contributed by atoms with Gasteiger partial charge in [-0.15, -0.1) is 0 Å². The number of ether oxygens (including phenoxy) is 1. The summed E-state index contributed by atoms with van der Waals surface area (Å²) in [6.45, 7) is 5.01. The van der Waals surface area contributed by atoms with E-state index in [9.17, 15) is 4.79 Å². The fraction of sp³-hybridized carbons (Fsp3) is 0.308. The van der Waals surface area contributed by atoms with Gasteiger partial charge in [0.2, 0.25) is 0 Å². The Labute approximate surface area is 114 Å². The molecule has 1 aliphatic rings. The molecule has 1 aromatic carbocycles. The van der Waals surface area contributed by atoms with E-state index in [0.29, 0.717) is 13.2 Å². The first-order chi connectivity index (χ1) is 8.58. The summed E-state index contributed by atoms with van der Waals surface area (Å²) in [5, 5.41) is 11.8. The Morgan fingerprint density at radius 3 is 3.06 bits per heavy atom. The molecule has 0 fully saturated rings. The van der Waals surface area contributed by atoms with Crippen LogP contribution in [0, 0.1) is 0 Å². The average Bonchev–Trinajstić information content (AvgIpc) is 2.76. The molecule has 0 bridgehead atoms. The zero-order valence-corrected chi connectivity index (χ0v) is 11.4. The minimum Gasteiger partial charge on any atom is -0.493 e. The molecule has 0 radical (unpaired) electrons. The van der Waals surface area contributed by atoms with Gasteiger partial charge in [-0.25, -0.2) is 4.79 Å². The number of halogens is 1. The molecule has 4 nitrogen and oxygen atoms in total. The van der Waals surface area contributed by atoms with Gasteiger partial charge in [-0.05, 0) is 17.7 Å². The molecule has 0 aromatic heterocycles. The highest BCUT2D eigenvalue weighted by atomic mass is 79.9. The summed E-state index contributed by atoms with van der Waals surface area (Å²) < 4.78 is 6.60. The number of nitrogens with one attached hydrogen (secondary N) is 1. The SMILES string of the molecule is C=C(CNCc1cc(Br)cc2c1OCC2)C(=O)O. The van der Waals surface area contributed by atoms with Gasteiger partial charge in [-0.3, -0.25) is 0 Å². The lowest BCUT2D eigenvalue weighted by atomic mass is 10.1. The second kappa shape index (κ2) is 5.54. The zero-order valence-electron chi connectivity index (χ0n) is 9.83. The molecule has 5 heteroatoms. The van der Waals surface area contributed by atoms with E-state index >= 15 is 0 Å². The maximum absolute atomic E-state index is 10.6. The van der Waals surface area contributed by atoms with E-state index in [4.69, 9.17) is 9.84 Å². The van der Waals surface area contributed by atoms with Gasteiger partial charge in [0.25, 0.3) is 0 Å². The van der Waals surface area contributed by atoms with Crippen LogP contribution in [0.4, 0.5) is 0 Å². The van der Waals surface area contributed by atoms with E-state index in [1.165, 1.54) is 5.56 Å². The van der Waals surface area contributed by atoms with Crippen molar-refractivity contribution in [2.24, 2.45) is 0 Å². The number of hydrogen-bond acceptors (Lipinski definition) is 3. The van der Waals surface area contributed by atoms with Crippen molar-refractivity contribution in [3.63, 3.8) is 0 Å². The van der Waals surface area contributed by atoms with Crippen molar-refractivity contribution in [2.75, 3.05) is 13.2 Å². The Kier molecular flexibility index (Phi) is 4.04. The Hall–Kier alpha value is -1.33. The van der Waals surface area contributed by atoms with Gasteiger partial charge in [0.15, 0.2) is 0 Å². The summed E-state index contributed by atoms with van der Waals surface area (Å²) >= 11 is 3.46. The minimum absolute atomic E-state index is 0.155.